The predicted molar refractivity (Wildman–Crippen MR) is 76.0 cm³/mol. The van der Waals surface area contributed by atoms with Crippen LogP contribution in [0.15, 0.2) is 30.5 Å². The van der Waals surface area contributed by atoms with Gasteiger partial charge in [-0.3, -0.25) is 0 Å². The van der Waals surface area contributed by atoms with E-state index in [0.29, 0.717) is 0 Å². The Bertz CT molecular complexity index is 493. The second-order valence-corrected chi connectivity index (χ2v) is 4.18. The van der Waals surface area contributed by atoms with E-state index in [4.69, 9.17) is 0 Å². The van der Waals surface area contributed by atoms with Crippen LogP contribution in [-0.4, -0.2) is 36.4 Å². The van der Waals surface area contributed by atoms with Crippen LogP contribution in [0.3, 0.4) is 0 Å². The molecule has 0 unspecified atom stereocenters. The maximum absolute atomic E-state index is 4.16. The Balaban J connectivity index is 2.27. The highest BCUT2D eigenvalue weighted by atomic mass is 15.2. The van der Waals surface area contributed by atoms with Crippen LogP contribution >= 0.6 is 0 Å². The second-order valence-electron chi connectivity index (χ2n) is 4.18. The van der Waals surface area contributed by atoms with E-state index in [9.17, 15) is 0 Å². The number of nitrogens with zero attached hydrogens (tertiary/aromatic N) is 3. The fourth-order valence-corrected chi connectivity index (χ4v) is 2.08. The lowest BCUT2D eigenvalue weighted by Gasteiger charge is -2.23. The number of hydrogen-bond donors (Lipinski definition) is 1. The molecule has 0 saturated carbocycles. The van der Waals surface area contributed by atoms with Gasteiger partial charge in [0, 0.05) is 25.0 Å². The van der Waals surface area contributed by atoms with Crippen LogP contribution in [0.5, 0.6) is 0 Å². The summed E-state index contributed by atoms with van der Waals surface area (Å²) < 4.78 is 0. The third kappa shape index (κ3) is 2.76. The SMILES string of the molecule is CCNCCN(CC)c1cnnc2ccccc12. The fraction of sp³-hybridized carbons (Fsp3) is 0.429. The highest BCUT2D eigenvalue weighted by molar-refractivity contribution is 5.90. The fourth-order valence-electron chi connectivity index (χ4n) is 2.08. The molecule has 0 spiro atoms. The van der Waals surface area contributed by atoms with Crippen molar-refractivity contribution in [3.05, 3.63) is 30.5 Å². The first-order valence-electron chi connectivity index (χ1n) is 6.53. The third-order valence-corrected chi connectivity index (χ3v) is 3.06. The first kappa shape index (κ1) is 12.8. The van der Waals surface area contributed by atoms with Gasteiger partial charge in [-0.05, 0) is 19.5 Å². The average Bonchev–Trinajstić information content (AvgIpc) is 2.43. The van der Waals surface area contributed by atoms with Gasteiger partial charge in [-0.2, -0.15) is 10.2 Å². The Morgan fingerprint density at radius 1 is 1.22 bits per heavy atom. The lowest BCUT2D eigenvalue weighted by atomic mass is 10.2. The molecule has 0 aliphatic rings. The van der Waals surface area contributed by atoms with Gasteiger partial charge in [0.15, 0.2) is 0 Å². The summed E-state index contributed by atoms with van der Waals surface area (Å²) in [7, 11) is 0. The molecule has 0 fully saturated rings. The lowest BCUT2D eigenvalue weighted by Crippen LogP contribution is -2.32. The zero-order valence-corrected chi connectivity index (χ0v) is 11.1. The van der Waals surface area contributed by atoms with E-state index in [0.717, 1.165) is 31.7 Å². The summed E-state index contributed by atoms with van der Waals surface area (Å²) in [5.74, 6) is 0. The molecule has 0 aliphatic heterocycles. The van der Waals surface area contributed by atoms with Crippen LogP contribution < -0.4 is 10.2 Å². The van der Waals surface area contributed by atoms with Crippen molar-refractivity contribution in [2.75, 3.05) is 31.1 Å². The topological polar surface area (TPSA) is 41.0 Å². The molecule has 2 aromatic rings. The van der Waals surface area contributed by atoms with Crippen molar-refractivity contribution < 1.29 is 0 Å². The summed E-state index contributed by atoms with van der Waals surface area (Å²) in [5, 5.41) is 12.8. The van der Waals surface area contributed by atoms with Gasteiger partial charge in [-0.1, -0.05) is 25.1 Å². The van der Waals surface area contributed by atoms with Gasteiger partial charge in [0.25, 0.3) is 0 Å². The smallest absolute Gasteiger partial charge is 0.0950 e. The van der Waals surface area contributed by atoms with E-state index in [2.05, 4.69) is 40.3 Å². The van der Waals surface area contributed by atoms with Gasteiger partial charge in [0.05, 0.1) is 17.4 Å². The number of nitrogens with one attached hydrogen (secondary N) is 1. The largest absolute Gasteiger partial charge is 0.369 e. The second kappa shape index (κ2) is 6.31. The van der Waals surface area contributed by atoms with Crippen LogP contribution in [-0.2, 0) is 0 Å². The Morgan fingerprint density at radius 2 is 2.06 bits per heavy atom. The summed E-state index contributed by atoms with van der Waals surface area (Å²) in [6.45, 7) is 8.25. The van der Waals surface area contributed by atoms with Crippen molar-refractivity contribution >= 4 is 16.6 Å². The van der Waals surface area contributed by atoms with E-state index in [1.54, 1.807) is 0 Å². The first-order chi connectivity index (χ1) is 8.86. The minimum Gasteiger partial charge on any atom is -0.369 e. The standard InChI is InChI=1S/C14H20N4/c1-3-15-9-10-18(4-2)14-11-16-17-13-8-6-5-7-12(13)14/h5-8,11,15H,3-4,9-10H2,1-2H3. The van der Waals surface area contributed by atoms with Crippen molar-refractivity contribution in [3.8, 4) is 0 Å². The van der Waals surface area contributed by atoms with Crippen LogP contribution in [0.1, 0.15) is 13.8 Å². The monoisotopic (exact) mass is 244 g/mol. The Labute approximate surface area is 108 Å². The van der Waals surface area contributed by atoms with Crippen molar-refractivity contribution in [2.24, 2.45) is 0 Å². The molecule has 0 bridgehead atoms. The quantitative estimate of drug-likeness (QED) is 0.790. The molecule has 2 rings (SSSR count). The lowest BCUT2D eigenvalue weighted by molar-refractivity contribution is 0.688. The molecule has 0 amide bonds. The molecule has 0 radical (unpaired) electrons. The molecular weight excluding hydrogens is 224 g/mol. The van der Waals surface area contributed by atoms with Crippen molar-refractivity contribution in [1.29, 1.82) is 0 Å². The first-order valence-corrected chi connectivity index (χ1v) is 6.53. The molecule has 4 heteroatoms. The predicted octanol–water partition coefficient (Wildman–Crippen LogP) is 2.07. The van der Waals surface area contributed by atoms with Crippen molar-refractivity contribution in [2.45, 2.75) is 13.8 Å². The molecule has 18 heavy (non-hydrogen) atoms. The van der Waals surface area contributed by atoms with Crippen LogP contribution in [0, 0.1) is 0 Å². The number of fused-ring (bicyclic) bond motifs is 1. The maximum Gasteiger partial charge on any atom is 0.0950 e. The highest BCUT2D eigenvalue weighted by Gasteiger charge is 2.08. The zero-order chi connectivity index (χ0) is 12.8. The zero-order valence-electron chi connectivity index (χ0n) is 11.1. The van der Waals surface area contributed by atoms with Gasteiger partial charge in [-0.15, -0.1) is 0 Å². The molecule has 0 aliphatic carbocycles. The Kier molecular flexibility index (Phi) is 4.47. The number of benzene rings is 1. The summed E-state index contributed by atoms with van der Waals surface area (Å²) in [4.78, 5) is 2.33. The van der Waals surface area contributed by atoms with Crippen LogP contribution in [0.4, 0.5) is 5.69 Å². The molecule has 1 N–H and O–H groups in total. The number of hydrogen-bond acceptors (Lipinski definition) is 4. The van der Waals surface area contributed by atoms with E-state index >= 15 is 0 Å². The van der Waals surface area contributed by atoms with Crippen LogP contribution in [0.2, 0.25) is 0 Å². The van der Waals surface area contributed by atoms with Gasteiger partial charge < -0.3 is 10.2 Å². The van der Waals surface area contributed by atoms with E-state index in [1.807, 2.05) is 24.4 Å². The molecule has 1 heterocycles. The van der Waals surface area contributed by atoms with Gasteiger partial charge in [0.2, 0.25) is 0 Å². The summed E-state index contributed by atoms with van der Waals surface area (Å²) in [6, 6.07) is 8.15. The number of anilines is 1. The van der Waals surface area contributed by atoms with Crippen molar-refractivity contribution in [1.82, 2.24) is 15.5 Å². The molecule has 0 saturated heterocycles. The minimum absolute atomic E-state index is 0.955. The van der Waals surface area contributed by atoms with Crippen LogP contribution in [0.25, 0.3) is 10.9 Å². The minimum atomic E-state index is 0.955. The number of aromatic nitrogens is 2. The molecular formula is C14H20N4. The summed E-state index contributed by atoms with van der Waals surface area (Å²) >= 11 is 0. The molecule has 1 aromatic carbocycles. The number of rotatable bonds is 6. The van der Waals surface area contributed by atoms with E-state index in [-0.39, 0.29) is 0 Å². The van der Waals surface area contributed by atoms with Crippen molar-refractivity contribution in [3.63, 3.8) is 0 Å². The van der Waals surface area contributed by atoms with Gasteiger partial charge >= 0.3 is 0 Å². The highest BCUT2D eigenvalue weighted by Crippen LogP contribution is 2.23. The molecule has 0 atom stereocenters. The summed E-state index contributed by atoms with van der Waals surface area (Å²) in [6.07, 6.45) is 1.86. The van der Waals surface area contributed by atoms with E-state index in [1.165, 1.54) is 11.1 Å². The van der Waals surface area contributed by atoms with Gasteiger partial charge in [-0.25, -0.2) is 0 Å². The molecule has 1 aromatic heterocycles. The number of likely N-dealkylation sites (N-methyl/N-ethyl adjacent to an activating group) is 2. The van der Waals surface area contributed by atoms with E-state index < -0.39 is 0 Å². The Morgan fingerprint density at radius 3 is 2.83 bits per heavy atom. The summed E-state index contributed by atoms with van der Waals surface area (Å²) in [5.41, 5.74) is 2.12. The Hall–Kier alpha value is -1.68. The maximum atomic E-state index is 4.16. The molecule has 4 nitrogen and oxygen atoms in total. The average molecular weight is 244 g/mol. The van der Waals surface area contributed by atoms with Gasteiger partial charge in [0.1, 0.15) is 0 Å². The normalized spacial score (nSPS) is 10.8. The third-order valence-electron chi connectivity index (χ3n) is 3.06. The molecule has 96 valence electrons.